The van der Waals surface area contributed by atoms with E-state index in [1.54, 1.807) is 0 Å². The van der Waals surface area contributed by atoms with Crippen LogP contribution in [0.5, 0.6) is 0 Å². The lowest BCUT2D eigenvalue weighted by molar-refractivity contribution is 0.222. The molecule has 1 saturated carbocycles. The minimum Gasteiger partial charge on any atom is -0.344 e. The highest BCUT2D eigenvalue weighted by atomic mass is 15.2. The third-order valence-corrected chi connectivity index (χ3v) is 5.10. The zero-order chi connectivity index (χ0) is 14.8. The Bertz CT molecular complexity index is 476. The van der Waals surface area contributed by atoms with Crippen molar-refractivity contribution in [3.05, 3.63) is 17.5 Å². The lowest BCUT2D eigenvalue weighted by Gasteiger charge is -2.32. The molecule has 1 aromatic heterocycles. The maximum Gasteiger partial charge on any atom is 0.225 e. The second kappa shape index (κ2) is 6.30. The lowest BCUT2D eigenvalue weighted by Crippen LogP contribution is -2.36. The van der Waals surface area contributed by atoms with E-state index < -0.39 is 0 Å². The van der Waals surface area contributed by atoms with Crippen LogP contribution in [0.4, 0.5) is 5.95 Å². The number of rotatable bonds is 4. The summed E-state index contributed by atoms with van der Waals surface area (Å²) in [6.07, 6.45) is 6.54. The van der Waals surface area contributed by atoms with E-state index in [-0.39, 0.29) is 0 Å². The standard InChI is InChI=1S/C17H28N4/c1-13-11-16(15-5-4-6-15)19-17(18-13)21(3)12-14-7-9-20(2)10-8-14/h11,14-15H,4-10,12H2,1-3H3. The average molecular weight is 288 g/mol. The molecule has 1 aliphatic carbocycles. The molecule has 1 aromatic rings. The predicted molar refractivity (Wildman–Crippen MR) is 86.9 cm³/mol. The van der Waals surface area contributed by atoms with Crippen molar-refractivity contribution in [3.8, 4) is 0 Å². The number of nitrogens with zero attached hydrogens (tertiary/aromatic N) is 4. The van der Waals surface area contributed by atoms with Gasteiger partial charge in [0, 0.05) is 30.9 Å². The van der Waals surface area contributed by atoms with Crippen LogP contribution in [-0.4, -0.2) is 48.6 Å². The summed E-state index contributed by atoms with van der Waals surface area (Å²) in [6, 6.07) is 2.18. The van der Waals surface area contributed by atoms with Crippen molar-refractivity contribution in [2.75, 3.05) is 38.6 Å². The van der Waals surface area contributed by atoms with E-state index in [4.69, 9.17) is 4.98 Å². The highest BCUT2D eigenvalue weighted by Gasteiger charge is 2.23. The first-order valence-electron chi connectivity index (χ1n) is 8.37. The number of anilines is 1. The summed E-state index contributed by atoms with van der Waals surface area (Å²) in [7, 11) is 4.37. The Hall–Kier alpha value is -1.16. The van der Waals surface area contributed by atoms with E-state index in [0.717, 1.165) is 24.1 Å². The van der Waals surface area contributed by atoms with Gasteiger partial charge in [0.05, 0.1) is 0 Å². The molecule has 0 atom stereocenters. The molecular formula is C17H28N4. The molecule has 2 aliphatic rings. The van der Waals surface area contributed by atoms with E-state index in [2.05, 4.69) is 41.9 Å². The number of hydrogen-bond donors (Lipinski definition) is 0. The third-order valence-electron chi connectivity index (χ3n) is 5.10. The summed E-state index contributed by atoms with van der Waals surface area (Å²) in [5.41, 5.74) is 2.37. The summed E-state index contributed by atoms with van der Waals surface area (Å²) in [5.74, 6) is 2.39. The zero-order valence-electron chi connectivity index (χ0n) is 13.7. The van der Waals surface area contributed by atoms with E-state index >= 15 is 0 Å². The highest BCUT2D eigenvalue weighted by Crippen LogP contribution is 2.36. The van der Waals surface area contributed by atoms with Crippen LogP contribution in [0, 0.1) is 12.8 Å². The van der Waals surface area contributed by atoms with E-state index in [9.17, 15) is 0 Å². The van der Waals surface area contributed by atoms with Crippen molar-refractivity contribution < 1.29 is 0 Å². The minimum absolute atomic E-state index is 0.683. The Kier molecular flexibility index (Phi) is 4.43. The van der Waals surface area contributed by atoms with Crippen LogP contribution in [0.15, 0.2) is 6.07 Å². The van der Waals surface area contributed by atoms with Gasteiger partial charge in [-0.05, 0) is 64.7 Å². The zero-order valence-corrected chi connectivity index (χ0v) is 13.7. The summed E-state index contributed by atoms with van der Waals surface area (Å²) in [5, 5.41) is 0. The van der Waals surface area contributed by atoms with Gasteiger partial charge in [-0.2, -0.15) is 0 Å². The van der Waals surface area contributed by atoms with Gasteiger partial charge in [-0.25, -0.2) is 9.97 Å². The quantitative estimate of drug-likeness (QED) is 0.853. The van der Waals surface area contributed by atoms with Crippen LogP contribution in [0.2, 0.25) is 0 Å². The van der Waals surface area contributed by atoms with Gasteiger partial charge in [0.25, 0.3) is 0 Å². The molecule has 3 rings (SSSR count). The van der Waals surface area contributed by atoms with Crippen LogP contribution in [0.25, 0.3) is 0 Å². The van der Waals surface area contributed by atoms with E-state index in [1.807, 2.05) is 0 Å². The second-order valence-electron chi connectivity index (χ2n) is 6.99. The molecule has 116 valence electrons. The first kappa shape index (κ1) is 14.8. The van der Waals surface area contributed by atoms with Gasteiger partial charge in [-0.3, -0.25) is 0 Å². The van der Waals surface area contributed by atoms with Crippen molar-refractivity contribution in [1.29, 1.82) is 0 Å². The van der Waals surface area contributed by atoms with Crippen LogP contribution < -0.4 is 4.90 Å². The van der Waals surface area contributed by atoms with Gasteiger partial charge in [0.2, 0.25) is 5.95 Å². The Labute approximate surface area is 128 Å². The monoisotopic (exact) mass is 288 g/mol. The summed E-state index contributed by atoms with van der Waals surface area (Å²) < 4.78 is 0. The maximum atomic E-state index is 4.84. The number of aromatic nitrogens is 2. The molecule has 0 spiro atoms. The molecule has 2 fully saturated rings. The van der Waals surface area contributed by atoms with Crippen molar-refractivity contribution in [2.24, 2.45) is 5.92 Å². The average Bonchev–Trinajstić information content (AvgIpc) is 2.39. The third kappa shape index (κ3) is 3.54. The summed E-state index contributed by atoms with van der Waals surface area (Å²) in [6.45, 7) is 5.62. The van der Waals surface area contributed by atoms with Crippen LogP contribution in [-0.2, 0) is 0 Å². The fraction of sp³-hybridized carbons (Fsp3) is 0.765. The molecule has 21 heavy (non-hydrogen) atoms. The highest BCUT2D eigenvalue weighted by molar-refractivity contribution is 5.32. The predicted octanol–water partition coefficient (Wildman–Crippen LogP) is 2.83. The number of likely N-dealkylation sites (tertiary alicyclic amines) is 1. The van der Waals surface area contributed by atoms with Gasteiger partial charge < -0.3 is 9.80 Å². The molecular weight excluding hydrogens is 260 g/mol. The number of hydrogen-bond acceptors (Lipinski definition) is 4. The van der Waals surface area contributed by atoms with Gasteiger partial charge in [0.1, 0.15) is 0 Å². The van der Waals surface area contributed by atoms with Crippen molar-refractivity contribution in [2.45, 2.75) is 44.9 Å². The Morgan fingerprint density at radius 2 is 1.90 bits per heavy atom. The second-order valence-corrected chi connectivity index (χ2v) is 6.99. The van der Waals surface area contributed by atoms with Crippen molar-refractivity contribution >= 4 is 5.95 Å². The van der Waals surface area contributed by atoms with E-state index in [0.29, 0.717) is 5.92 Å². The molecule has 4 nitrogen and oxygen atoms in total. The van der Waals surface area contributed by atoms with Crippen molar-refractivity contribution in [1.82, 2.24) is 14.9 Å². The Morgan fingerprint density at radius 1 is 1.19 bits per heavy atom. The van der Waals surface area contributed by atoms with Gasteiger partial charge in [-0.1, -0.05) is 6.42 Å². The molecule has 2 heterocycles. The Balaban J connectivity index is 1.66. The smallest absolute Gasteiger partial charge is 0.225 e. The molecule has 1 saturated heterocycles. The fourth-order valence-electron chi connectivity index (χ4n) is 3.37. The fourth-order valence-corrected chi connectivity index (χ4v) is 3.37. The van der Waals surface area contributed by atoms with Gasteiger partial charge in [0.15, 0.2) is 0 Å². The van der Waals surface area contributed by atoms with E-state index in [1.165, 1.54) is 50.9 Å². The molecule has 0 unspecified atom stereocenters. The number of aryl methyl sites for hydroxylation is 1. The molecule has 0 bridgehead atoms. The lowest BCUT2D eigenvalue weighted by atomic mass is 9.83. The maximum absolute atomic E-state index is 4.84. The largest absolute Gasteiger partial charge is 0.344 e. The van der Waals surface area contributed by atoms with Crippen LogP contribution >= 0.6 is 0 Å². The molecule has 0 aromatic carbocycles. The molecule has 0 radical (unpaired) electrons. The van der Waals surface area contributed by atoms with Crippen molar-refractivity contribution in [3.63, 3.8) is 0 Å². The Morgan fingerprint density at radius 3 is 2.52 bits per heavy atom. The first-order chi connectivity index (χ1) is 10.1. The molecule has 1 aliphatic heterocycles. The molecule has 0 N–H and O–H groups in total. The topological polar surface area (TPSA) is 32.3 Å². The van der Waals surface area contributed by atoms with Crippen LogP contribution in [0.1, 0.15) is 49.4 Å². The normalized spacial score (nSPS) is 21.3. The SMILES string of the molecule is Cc1cc(C2CCC2)nc(N(C)CC2CCN(C)CC2)n1. The van der Waals surface area contributed by atoms with Gasteiger partial charge in [-0.15, -0.1) is 0 Å². The minimum atomic E-state index is 0.683. The molecule has 4 heteroatoms. The number of piperidine rings is 1. The summed E-state index contributed by atoms with van der Waals surface area (Å²) >= 11 is 0. The summed E-state index contributed by atoms with van der Waals surface area (Å²) in [4.78, 5) is 14.2. The van der Waals surface area contributed by atoms with Gasteiger partial charge >= 0.3 is 0 Å². The first-order valence-corrected chi connectivity index (χ1v) is 8.37. The molecule has 0 amide bonds. The van der Waals surface area contributed by atoms with Crippen LogP contribution in [0.3, 0.4) is 0 Å².